The van der Waals surface area contributed by atoms with Crippen molar-refractivity contribution in [3.05, 3.63) is 57.9 Å². The molecule has 0 heterocycles. The maximum Gasteiger partial charge on any atom is 0.251 e. The average molecular weight is 373 g/mol. The van der Waals surface area contributed by atoms with Crippen LogP contribution in [0.1, 0.15) is 46.1 Å². The molecule has 1 atom stereocenters. The summed E-state index contributed by atoms with van der Waals surface area (Å²) < 4.78 is 13.6. The molecule has 0 spiro atoms. The molecule has 0 fully saturated rings. The lowest BCUT2D eigenvalue weighted by molar-refractivity contribution is -0.139. The lowest BCUT2D eigenvalue weighted by Crippen LogP contribution is -2.44. The van der Waals surface area contributed by atoms with Gasteiger partial charge in [-0.15, -0.1) is 0 Å². The summed E-state index contributed by atoms with van der Waals surface area (Å²) in [5, 5.41) is 13.0. The van der Waals surface area contributed by atoms with Gasteiger partial charge < -0.3 is 10.4 Å². The van der Waals surface area contributed by atoms with E-state index in [1.807, 2.05) is 0 Å². The molecule has 0 saturated carbocycles. The van der Waals surface area contributed by atoms with Gasteiger partial charge in [0.1, 0.15) is 11.4 Å². The molecule has 1 aliphatic carbocycles. The molecule has 1 unspecified atom stereocenters. The molecule has 2 N–H and O–H groups in total. The second-order valence-corrected chi connectivity index (χ2v) is 7.06. The fourth-order valence-corrected chi connectivity index (χ4v) is 2.95. The van der Waals surface area contributed by atoms with E-state index in [9.17, 15) is 23.9 Å². The van der Waals surface area contributed by atoms with Crippen molar-refractivity contribution in [3.63, 3.8) is 0 Å². The Bertz CT molecular complexity index is 865. The quantitative estimate of drug-likeness (QED) is 0.751. The van der Waals surface area contributed by atoms with Crippen molar-refractivity contribution >= 4 is 17.5 Å². The molecule has 6 heteroatoms. The van der Waals surface area contributed by atoms with E-state index in [4.69, 9.17) is 0 Å². The van der Waals surface area contributed by atoms with E-state index in [0.717, 1.165) is 0 Å². The summed E-state index contributed by atoms with van der Waals surface area (Å²) in [6, 6.07) is 6.04. The SMILES string of the molecule is CC1=C(C)C(=O)C(CCC(C)(O)C(=O)NCc2ccccc2F)=C(C)C1=O. The molecule has 0 saturated heterocycles. The smallest absolute Gasteiger partial charge is 0.251 e. The molecule has 1 amide bonds. The van der Waals surface area contributed by atoms with Crippen LogP contribution in [0.25, 0.3) is 0 Å². The van der Waals surface area contributed by atoms with Gasteiger partial charge in [0.25, 0.3) is 5.91 Å². The Morgan fingerprint density at radius 3 is 2.30 bits per heavy atom. The highest BCUT2D eigenvalue weighted by atomic mass is 19.1. The van der Waals surface area contributed by atoms with Gasteiger partial charge >= 0.3 is 0 Å². The van der Waals surface area contributed by atoms with Crippen LogP contribution in [0.4, 0.5) is 4.39 Å². The highest BCUT2D eigenvalue weighted by Crippen LogP contribution is 2.29. The predicted molar refractivity (Wildman–Crippen MR) is 99.2 cm³/mol. The Morgan fingerprint density at radius 1 is 1.07 bits per heavy atom. The minimum atomic E-state index is -1.76. The van der Waals surface area contributed by atoms with E-state index in [1.54, 1.807) is 39.0 Å². The summed E-state index contributed by atoms with van der Waals surface area (Å²) in [6.07, 6.45) is 0.0648. The van der Waals surface area contributed by atoms with E-state index in [-0.39, 0.29) is 31.0 Å². The summed E-state index contributed by atoms with van der Waals surface area (Å²) in [5.74, 6) is -1.53. The summed E-state index contributed by atoms with van der Waals surface area (Å²) in [5.41, 5.74) is 0.0479. The van der Waals surface area contributed by atoms with Crippen molar-refractivity contribution < 1.29 is 23.9 Å². The van der Waals surface area contributed by atoms with Crippen LogP contribution in [0.15, 0.2) is 46.6 Å². The number of benzene rings is 1. The number of Topliss-reactive ketones (excluding diaryl/α,β-unsaturated/α-hetero) is 2. The molecule has 27 heavy (non-hydrogen) atoms. The van der Waals surface area contributed by atoms with Crippen LogP contribution in [0.5, 0.6) is 0 Å². The summed E-state index contributed by atoms with van der Waals surface area (Å²) >= 11 is 0. The van der Waals surface area contributed by atoms with E-state index in [1.165, 1.54) is 13.0 Å². The third kappa shape index (κ3) is 4.39. The molecular formula is C21H24FNO4. The van der Waals surface area contributed by atoms with Gasteiger partial charge in [-0.3, -0.25) is 14.4 Å². The van der Waals surface area contributed by atoms with Gasteiger partial charge in [0.15, 0.2) is 11.6 Å². The van der Waals surface area contributed by atoms with Crippen molar-refractivity contribution in [2.45, 2.75) is 52.7 Å². The first-order valence-corrected chi connectivity index (χ1v) is 8.77. The normalized spacial score (nSPS) is 17.3. The third-order valence-electron chi connectivity index (χ3n) is 5.06. The lowest BCUT2D eigenvalue weighted by atomic mass is 9.82. The zero-order valence-electron chi connectivity index (χ0n) is 16.0. The Morgan fingerprint density at radius 2 is 1.67 bits per heavy atom. The van der Waals surface area contributed by atoms with E-state index in [0.29, 0.717) is 27.9 Å². The fourth-order valence-electron chi connectivity index (χ4n) is 2.95. The van der Waals surface area contributed by atoms with Gasteiger partial charge in [0, 0.05) is 34.4 Å². The van der Waals surface area contributed by atoms with Crippen LogP contribution in [0.3, 0.4) is 0 Å². The van der Waals surface area contributed by atoms with Crippen LogP contribution < -0.4 is 5.32 Å². The average Bonchev–Trinajstić information content (AvgIpc) is 2.63. The first kappa shape index (κ1) is 20.7. The second kappa shape index (κ2) is 7.96. The monoisotopic (exact) mass is 373 g/mol. The maximum absolute atomic E-state index is 13.6. The zero-order valence-corrected chi connectivity index (χ0v) is 16.0. The molecule has 1 aliphatic rings. The third-order valence-corrected chi connectivity index (χ3v) is 5.06. The summed E-state index contributed by atoms with van der Waals surface area (Å²) in [7, 11) is 0. The number of carbonyl (C=O) groups excluding carboxylic acids is 3. The zero-order chi connectivity index (χ0) is 20.4. The number of nitrogens with one attached hydrogen (secondary N) is 1. The first-order valence-electron chi connectivity index (χ1n) is 8.77. The topological polar surface area (TPSA) is 83.5 Å². The van der Waals surface area contributed by atoms with Crippen molar-refractivity contribution in [2.24, 2.45) is 0 Å². The van der Waals surface area contributed by atoms with E-state index in [2.05, 4.69) is 5.32 Å². The van der Waals surface area contributed by atoms with Gasteiger partial charge in [-0.05, 0) is 46.6 Å². The number of aliphatic hydroxyl groups is 1. The number of rotatable bonds is 6. The number of hydrogen-bond donors (Lipinski definition) is 2. The minimum Gasteiger partial charge on any atom is -0.380 e. The molecular weight excluding hydrogens is 349 g/mol. The van der Waals surface area contributed by atoms with Crippen molar-refractivity contribution in [1.29, 1.82) is 0 Å². The van der Waals surface area contributed by atoms with Gasteiger partial charge in [-0.1, -0.05) is 18.2 Å². The number of hydrogen-bond acceptors (Lipinski definition) is 4. The minimum absolute atomic E-state index is 0.0336. The van der Waals surface area contributed by atoms with Crippen LogP contribution >= 0.6 is 0 Å². The molecule has 0 radical (unpaired) electrons. The fraction of sp³-hybridized carbons (Fsp3) is 0.381. The Kier molecular flexibility index (Phi) is 6.11. The first-order chi connectivity index (χ1) is 12.6. The van der Waals surface area contributed by atoms with Crippen LogP contribution in [0, 0.1) is 5.82 Å². The second-order valence-electron chi connectivity index (χ2n) is 7.06. The Balaban J connectivity index is 2.03. The molecule has 144 valence electrons. The van der Waals surface area contributed by atoms with Gasteiger partial charge in [0.2, 0.25) is 0 Å². The Labute approximate surface area is 158 Å². The van der Waals surface area contributed by atoms with Gasteiger partial charge in [-0.25, -0.2) is 4.39 Å². The number of carbonyl (C=O) groups is 3. The Hall–Kier alpha value is -2.60. The van der Waals surface area contributed by atoms with Crippen molar-refractivity contribution in [3.8, 4) is 0 Å². The highest BCUT2D eigenvalue weighted by Gasteiger charge is 2.33. The molecule has 0 aliphatic heterocycles. The largest absolute Gasteiger partial charge is 0.380 e. The molecule has 1 aromatic carbocycles. The molecule has 1 aromatic rings. The molecule has 0 aromatic heterocycles. The van der Waals surface area contributed by atoms with Crippen molar-refractivity contribution in [1.82, 2.24) is 5.32 Å². The van der Waals surface area contributed by atoms with Crippen molar-refractivity contribution in [2.75, 3.05) is 0 Å². The van der Waals surface area contributed by atoms with Gasteiger partial charge in [-0.2, -0.15) is 0 Å². The number of allylic oxidation sites excluding steroid dienone is 4. The highest BCUT2D eigenvalue weighted by molar-refractivity contribution is 6.24. The maximum atomic E-state index is 13.6. The summed E-state index contributed by atoms with van der Waals surface area (Å²) in [6.45, 7) is 6.08. The lowest BCUT2D eigenvalue weighted by Gasteiger charge is -2.25. The molecule has 2 rings (SSSR count). The molecule has 5 nitrogen and oxygen atoms in total. The number of ketones is 2. The van der Waals surface area contributed by atoms with Crippen LogP contribution in [-0.2, 0) is 20.9 Å². The molecule has 0 bridgehead atoms. The number of amides is 1. The van der Waals surface area contributed by atoms with E-state index >= 15 is 0 Å². The van der Waals surface area contributed by atoms with E-state index < -0.39 is 17.3 Å². The predicted octanol–water partition coefficient (Wildman–Crippen LogP) is 2.78. The summed E-state index contributed by atoms with van der Waals surface area (Å²) in [4.78, 5) is 36.9. The van der Waals surface area contributed by atoms with Gasteiger partial charge in [0.05, 0.1) is 0 Å². The number of halogens is 1. The van der Waals surface area contributed by atoms with Crippen LogP contribution in [-0.4, -0.2) is 28.2 Å². The standard InChI is InChI=1S/C21H24FNO4/c1-12-13(2)19(25)16(14(3)18(12)24)9-10-21(4,27)20(26)23-11-15-7-5-6-8-17(15)22/h5-8,27H,9-11H2,1-4H3,(H,23,26). The van der Waals surface area contributed by atoms with Crippen LogP contribution in [0.2, 0.25) is 0 Å².